The number of methoxy groups -OCH3 is 1. The molecule has 0 amide bonds. The molecule has 0 fully saturated rings. The molecule has 1 aromatic heterocycles. The zero-order valence-corrected chi connectivity index (χ0v) is 12.7. The minimum Gasteiger partial charge on any atom is -0.497 e. The summed E-state index contributed by atoms with van der Waals surface area (Å²) in [6.45, 7) is 0.340. The summed E-state index contributed by atoms with van der Waals surface area (Å²) in [5, 5.41) is 18.7. The average molecular weight is 297 g/mol. The topological polar surface area (TPSA) is 63.2 Å². The number of rotatable bonds is 4. The predicted octanol–water partition coefficient (Wildman–Crippen LogP) is 2.20. The summed E-state index contributed by atoms with van der Waals surface area (Å²) in [5.74, 6) is 0.759. The van der Waals surface area contributed by atoms with Crippen molar-refractivity contribution in [3.63, 3.8) is 0 Å². The molecule has 114 valence electrons. The van der Waals surface area contributed by atoms with Gasteiger partial charge in [-0.15, -0.1) is 0 Å². The third kappa shape index (κ3) is 2.40. The van der Waals surface area contributed by atoms with Gasteiger partial charge in [0.05, 0.1) is 30.8 Å². The van der Waals surface area contributed by atoms with Crippen LogP contribution in [0.2, 0.25) is 0 Å². The van der Waals surface area contributed by atoms with E-state index in [1.807, 2.05) is 64.7 Å². The van der Waals surface area contributed by atoms with Crippen LogP contribution in [0.3, 0.4) is 0 Å². The fourth-order valence-electron chi connectivity index (χ4n) is 2.67. The molecule has 0 bridgehead atoms. The molecule has 3 rings (SSSR count). The van der Waals surface area contributed by atoms with Crippen molar-refractivity contribution < 1.29 is 9.84 Å². The fourth-order valence-corrected chi connectivity index (χ4v) is 2.67. The lowest BCUT2D eigenvalue weighted by Gasteiger charge is -2.13. The molecule has 0 saturated heterocycles. The first-order chi connectivity index (χ1) is 10.6. The van der Waals surface area contributed by atoms with Crippen molar-refractivity contribution in [1.82, 2.24) is 9.13 Å². The number of fused-ring (bicyclic) bond motifs is 1. The molecule has 0 saturated carbocycles. The molecule has 1 heterocycles. The number of ether oxygens (including phenoxy) is 1. The van der Waals surface area contributed by atoms with Gasteiger partial charge in [0.1, 0.15) is 5.75 Å². The number of nitrogens with one attached hydrogen (secondary N) is 1. The first-order valence-corrected chi connectivity index (χ1v) is 7.12. The van der Waals surface area contributed by atoms with E-state index in [0.29, 0.717) is 12.2 Å². The van der Waals surface area contributed by atoms with E-state index in [1.165, 1.54) is 0 Å². The maximum absolute atomic E-state index is 10.5. The third-order valence-corrected chi connectivity index (χ3v) is 3.96. The molecule has 0 aliphatic rings. The van der Waals surface area contributed by atoms with Gasteiger partial charge < -0.3 is 19.0 Å². The van der Waals surface area contributed by atoms with Crippen molar-refractivity contribution in [2.24, 2.45) is 7.05 Å². The van der Waals surface area contributed by atoms with Gasteiger partial charge in [-0.1, -0.05) is 24.3 Å². The minimum absolute atomic E-state index is 0.340. The van der Waals surface area contributed by atoms with Crippen molar-refractivity contribution >= 4 is 11.0 Å². The highest BCUT2D eigenvalue weighted by atomic mass is 16.5. The molecular weight excluding hydrogens is 278 g/mol. The second-order valence-corrected chi connectivity index (χ2v) is 5.27. The lowest BCUT2D eigenvalue weighted by atomic mass is 10.1. The van der Waals surface area contributed by atoms with Gasteiger partial charge in [-0.25, -0.2) is 0 Å². The Morgan fingerprint density at radius 2 is 1.73 bits per heavy atom. The Balaban J connectivity index is 1.95. The number of aliphatic hydroxyl groups excluding tert-OH is 1. The number of benzene rings is 2. The van der Waals surface area contributed by atoms with Crippen LogP contribution in [0.4, 0.5) is 0 Å². The summed E-state index contributed by atoms with van der Waals surface area (Å²) < 4.78 is 8.77. The number of imidazole rings is 1. The van der Waals surface area contributed by atoms with E-state index in [1.54, 1.807) is 7.11 Å². The highest BCUT2D eigenvalue weighted by Gasteiger charge is 2.13. The second kappa shape index (κ2) is 5.69. The molecular formula is C17H19N3O2. The molecule has 0 aliphatic carbocycles. The van der Waals surface area contributed by atoms with Crippen molar-refractivity contribution in [2.75, 3.05) is 7.11 Å². The van der Waals surface area contributed by atoms with Crippen LogP contribution < -0.4 is 10.4 Å². The first-order valence-electron chi connectivity index (χ1n) is 7.12. The van der Waals surface area contributed by atoms with Crippen LogP contribution in [0.1, 0.15) is 11.7 Å². The lowest BCUT2D eigenvalue weighted by Crippen LogP contribution is -2.25. The molecule has 22 heavy (non-hydrogen) atoms. The van der Waals surface area contributed by atoms with E-state index in [-0.39, 0.29) is 0 Å². The van der Waals surface area contributed by atoms with E-state index in [2.05, 4.69) is 0 Å². The van der Waals surface area contributed by atoms with Crippen LogP contribution in [0, 0.1) is 5.41 Å². The maximum atomic E-state index is 10.5. The highest BCUT2D eigenvalue weighted by molar-refractivity contribution is 5.75. The van der Waals surface area contributed by atoms with Crippen LogP contribution in [0.25, 0.3) is 11.0 Å². The van der Waals surface area contributed by atoms with Crippen LogP contribution >= 0.6 is 0 Å². The minimum atomic E-state index is -0.675. The Morgan fingerprint density at radius 3 is 2.36 bits per heavy atom. The Morgan fingerprint density at radius 1 is 1.09 bits per heavy atom. The Hall–Kier alpha value is -2.53. The first kappa shape index (κ1) is 14.4. The lowest BCUT2D eigenvalue weighted by molar-refractivity contribution is 0.155. The van der Waals surface area contributed by atoms with E-state index in [0.717, 1.165) is 22.3 Å². The number of aromatic nitrogens is 2. The monoisotopic (exact) mass is 297 g/mol. The van der Waals surface area contributed by atoms with Gasteiger partial charge in [0, 0.05) is 7.05 Å². The average Bonchev–Trinajstić information content (AvgIpc) is 2.80. The standard InChI is InChI=1S/C17H19N3O2/c1-19-14-5-3-4-6-15(14)20(17(19)18)11-16(21)12-7-9-13(22-2)10-8-12/h3-10,16,18,21H,11H2,1-2H3. The van der Waals surface area contributed by atoms with E-state index in [9.17, 15) is 5.11 Å². The van der Waals surface area contributed by atoms with Gasteiger partial charge in [0.2, 0.25) is 5.62 Å². The van der Waals surface area contributed by atoms with Crippen molar-refractivity contribution in [1.29, 1.82) is 5.41 Å². The molecule has 1 atom stereocenters. The summed E-state index contributed by atoms with van der Waals surface area (Å²) >= 11 is 0. The summed E-state index contributed by atoms with van der Waals surface area (Å²) in [7, 11) is 3.48. The Bertz CT molecular complexity index is 846. The summed E-state index contributed by atoms with van der Waals surface area (Å²) in [4.78, 5) is 0. The molecule has 5 nitrogen and oxygen atoms in total. The molecule has 0 spiro atoms. The van der Waals surface area contributed by atoms with Gasteiger partial charge in [-0.2, -0.15) is 0 Å². The molecule has 5 heteroatoms. The molecule has 2 aromatic carbocycles. The maximum Gasteiger partial charge on any atom is 0.202 e. The van der Waals surface area contributed by atoms with Crippen molar-refractivity contribution in [2.45, 2.75) is 12.6 Å². The van der Waals surface area contributed by atoms with E-state index < -0.39 is 6.10 Å². The molecule has 3 aromatic rings. The number of nitrogens with zero attached hydrogens (tertiary/aromatic N) is 2. The summed E-state index contributed by atoms with van der Waals surface area (Å²) in [5.41, 5.74) is 3.10. The van der Waals surface area contributed by atoms with Crippen LogP contribution in [0.5, 0.6) is 5.75 Å². The van der Waals surface area contributed by atoms with Gasteiger partial charge >= 0.3 is 0 Å². The quantitative estimate of drug-likeness (QED) is 0.775. The second-order valence-electron chi connectivity index (χ2n) is 5.27. The fraction of sp³-hybridized carbons (Fsp3) is 0.235. The Kier molecular flexibility index (Phi) is 3.73. The number of aliphatic hydroxyl groups is 1. The number of hydrogen-bond donors (Lipinski definition) is 2. The number of aryl methyl sites for hydroxylation is 1. The van der Waals surface area contributed by atoms with Crippen LogP contribution in [-0.4, -0.2) is 21.4 Å². The van der Waals surface area contributed by atoms with E-state index in [4.69, 9.17) is 10.1 Å². The predicted molar refractivity (Wildman–Crippen MR) is 84.7 cm³/mol. The van der Waals surface area contributed by atoms with Gasteiger partial charge in [-0.05, 0) is 29.8 Å². The molecule has 2 N–H and O–H groups in total. The van der Waals surface area contributed by atoms with Gasteiger partial charge in [-0.3, -0.25) is 5.41 Å². The zero-order chi connectivity index (χ0) is 15.7. The largest absolute Gasteiger partial charge is 0.497 e. The zero-order valence-electron chi connectivity index (χ0n) is 12.7. The smallest absolute Gasteiger partial charge is 0.202 e. The summed E-state index contributed by atoms with van der Waals surface area (Å²) in [6, 6.07) is 15.2. The molecule has 0 radical (unpaired) electrons. The number of hydrogen-bond acceptors (Lipinski definition) is 3. The highest BCUT2D eigenvalue weighted by Crippen LogP contribution is 2.20. The molecule has 1 unspecified atom stereocenters. The van der Waals surface area contributed by atoms with Crippen LogP contribution in [0.15, 0.2) is 48.5 Å². The normalized spacial score (nSPS) is 12.5. The van der Waals surface area contributed by atoms with Gasteiger partial charge in [0.15, 0.2) is 0 Å². The Labute approximate surface area is 128 Å². The number of para-hydroxylation sites is 2. The summed E-state index contributed by atoms with van der Waals surface area (Å²) in [6.07, 6.45) is -0.675. The van der Waals surface area contributed by atoms with Crippen molar-refractivity contribution in [3.05, 3.63) is 59.7 Å². The molecule has 0 aliphatic heterocycles. The van der Waals surface area contributed by atoms with Crippen molar-refractivity contribution in [3.8, 4) is 5.75 Å². The van der Waals surface area contributed by atoms with Crippen LogP contribution in [-0.2, 0) is 13.6 Å². The third-order valence-electron chi connectivity index (χ3n) is 3.96. The van der Waals surface area contributed by atoms with Gasteiger partial charge in [0.25, 0.3) is 0 Å². The SMILES string of the molecule is COc1ccc(C(O)Cn2c(=N)n(C)c3ccccc32)cc1. The van der Waals surface area contributed by atoms with E-state index >= 15 is 0 Å².